The van der Waals surface area contributed by atoms with Crippen LogP contribution in [0.4, 0.5) is 32.0 Å². The summed E-state index contributed by atoms with van der Waals surface area (Å²) >= 11 is 0. The number of para-hydroxylation sites is 1. The molecule has 1 aliphatic carbocycles. The van der Waals surface area contributed by atoms with E-state index < -0.39 is 42.4 Å². The average Bonchev–Trinajstić information content (AvgIpc) is 2.80. The Kier molecular flexibility index (Phi) is 7.56. The van der Waals surface area contributed by atoms with Gasteiger partial charge in [-0.05, 0) is 49.9 Å². The maximum absolute atomic E-state index is 14.2. The fourth-order valence-electron chi connectivity index (χ4n) is 4.47. The molecular weight excluding hydrogens is 488 g/mol. The van der Waals surface area contributed by atoms with E-state index in [2.05, 4.69) is 20.4 Å². The molecule has 4 rings (SSSR count). The number of halogens is 6. The van der Waals surface area contributed by atoms with Crippen LogP contribution in [0.1, 0.15) is 36.9 Å². The fourth-order valence-corrected chi connectivity index (χ4v) is 4.47. The van der Waals surface area contributed by atoms with Gasteiger partial charge in [-0.2, -0.15) is 22.0 Å². The average molecular weight is 511 g/mol. The number of fused-ring (bicyclic) bond motifs is 1. The van der Waals surface area contributed by atoms with Gasteiger partial charge in [0.1, 0.15) is 17.3 Å². The lowest BCUT2D eigenvalue weighted by molar-refractivity contribution is -0.140. The van der Waals surface area contributed by atoms with Gasteiger partial charge in [0.05, 0.1) is 11.9 Å². The topological polar surface area (TPSA) is 63.2 Å². The summed E-state index contributed by atoms with van der Waals surface area (Å²) in [5, 5.41) is 6.50. The molecule has 0 spiro atoms. The molecule has 11 heteroatoms. The number of ether oxygens (including phenoxy) is 1. The minimum atomic E-state index is -4.61. The molecule has 1 aliphatic rings. The minimum absolute atomic E-state index is 0.210. The molecule has 0 aliphatic heterocycles. The van der Waals surface area contributed by atoms with Gasteiger partial charge >= 0.3 is 12.8 Å². The predicted molar refractivity (Wildman–Crippen MR) is 121 cm³/mol. The summed E-state index contributed by atoms with van der Waals surface area (Å²) in [4.78, 5) is 16.3. The number of anilines is 1. The Morgan fingerprint density at radius 3 is 2.58 bits per heavy atom. The van der Waals surface area contributed by atoms with E-state index in [1.807, 2.05) is 0 Å². The van der Waals surface area contributed by atoms with Crippen LogP contribution in [0, 0.1) is 5.82 Å². The highest BCUT2D eigenvalue weighted by atomic mass is 19.4. The molecule has 1 fully saturated rings. The highest BCUT2D eigenvalue weighted by molar-refractivity contribution is 5.91. The normalized spacial score (nSPS) is 18.3. The summed E-state index contributed by atoms with van der Waals surface area (Å²) in [6, 6.07) is 10.3. The monoisotopic (exact) mass is 511 g/mol. The first kappa shape index (κ1) is 25.6. The summed E-state index contributed by atoms with van der Waals surface area (Å²) in [6.45, 7) is -3.17. The van der Waals surface area contributed by atoms with Gasteiger partial charge in [0.15, 0.2) is 0 Å². The van der Waals surface area contributed by atoms with Crippen molar-refractivity contribution < 1.29 is 35.9 Å². The molecule has 0 saturated heterocycles. The van der Waals surface area contributed by atoms with E-state index in [1.165, 1.54) is 12.1 Å². The number of aromatic nitrogens is 1. The molecule has 3 aromatic rings. The molecule has 0 unspecified atom stereocenters. The maximum atomic E-state index is 14.2. The summed E-state index contributed by atoms with van der Waals surface area (Å²) < 4.78 is 83.9. The van der Waals surface area contributed by atoms with Crippen molar-refractivity contribution in [1.82, 2.24) is 10.3 Å². The molecule has 1 aromatic heterocycles. The molecule has 0 radical (unpaired) electrons. The maximum Gasteiger partial charge on any atom is 0.433 e. The number of nitrogens with zero attached hydrogens (tertiary/aromatic N) is 1. The van der Waals surface area contributed by atoms with Gasteiger partial charge in [0.25, 0.3) is 0 Å². The Morgan fingerprint density at radius 1 is 1.08 bits per heavy atom. The number of alkyl halides is 5. The van der Waals surface area contributed by atoms with Crippen molar-refractivity contribution >= 4 is 22.5 Å². The molecule has 1 heterocycles. The van der Waals surface area contributed by atoms with E-state index in [1.54, 1.807) is 18.2 Å². The van der Waals surface area contributed by atoms with E-state index in [-0.39, 0.29) is 23.2 Å². The van der Waals surface area contributed by atoms with Crippen molar-refractivity contribution in [2.24, 2.45) is 0 Å². The van der Waals surface area contributed by atoms with Gasteiger partial charge in [-0.25, -0.2) is 9.37 Å². The van der Waals surface area contributed by atoms with Crippen LogP contribution >= 0.6 is 0 Å². The Labute approximate surface area is 202 Å². The van der Waals surface area contributed by atoms with Gasteiger partial charge in [0.2, 0.25) is 5.91 Å². The number of hydrogen-bond acceptors (Lipinski definition) is 4. The Bertz CT molecular complexity index is 1230. The van der Waals surface area contributed by atoms with E-state index in [9.17, 15) is 31.1 Å². The minimum Gasteiger partial charge on any atom is -0.434 e. The van der Waals surface area contributed by atoms with Crippen LogP contribution in [0.3, 0.4) is 0 Å². The van der Waals surface area contributed by atoms with Crippen molar-refractivity contribution in [3.63, 3.8) is 0 Å². The van der Waals surface area contributed by atoms with Crippen LogP contribution in [0.15, 0.2) is 48.5 Å². The number of nitrogens with one attached hydrogen (secondary N) is 2. The molecule has 1 amide bonds. The number of pyridine rings is 1. The standard InChI is InChI=1S/C25H23F6N3O2/c26-18-8-4-10-21(36-24(27)28)17(18)12-23(35)33-15-6-3-5-14(11-15)32-20-13-22(25(29,30)31)34-19-9-2-1-7-16(19)20/h1-2,4,7-10,13-15,24H,3,5-6,11-12H2,(H,32,34)(H,33,35)/t14-,15+/m0/s1. The molecule has 1 saturated carbocycles. The van der Waals surface area contributed by atoms with Gasteiger partial charge in [-0.15, -0.1) is 0 Å². The molecule has 36 heavy (non-hydrogen) atoms. The second kappa shape index (κ2) is 10.6. The zero-order valence-corrected chi connectivity index (χ0v) is 18.9. The van der Waals surface area contributed by atoms with Crippen molar-refractivity contribution in [2.45, 2.75) is 57.0 Å². The van der Waals surface area contributed by atoms with Gasteiger partial charge in [0, 0.05) is 28.7 Å². The summed E-state index contributed by atoms with van der Waals surface area (Å²) in [6.07, 6.45) is -2.70. The van der Waals surface area contributed by atoms with Crippen molar-refractivity contribution in [3.8, 4) is 5.75 Å². The lowest BCUT2D eigenvalue weighted by Crippen LogP contribution is -2.42. The molecule has 2 aromatic carbocycles. The number of hydrogen-bond donors (Lipinski definition) is 2. The lowest BCUT2D eigenvalue weighted by Gasteiger charge is -2.31. The Balaban J connectivity index is 1.45. The van der Waals surface area contributed by atoms with E-state index in [4.69, 9.17) is 0 Å². The first-order valence-corrected chi connectivity index (χ1v) is 11.3. The number of benzene rings is 2. The van der Waals surface area contributed by atoms with Crippen molar-refractivity contribution in [1.29, 1.82) is 0 Å². The fraction of sp³-hybridized carbons (Fsp3) is 0.360. The first-order valence-electron chi connectivity index (χ1n) is 11.3. The highest BCUT2D eigenvalue weighted by Crippen LogP contribution is 2.34. The third-order valence-electron chi connectivity index (χ3n) is 6.03. The predicted octanol–water partition coefficient (Wildman–Crippen LogP) is 6.08. The molecule has 192 valence electrons. The second-order valence-corrected chi connectivity index (χ2v) is 8.61. The first-order chi connectivity index (χ1) is 17.1. The second-order valence-electron chi connectivity index (χ2n) is 8.61. The highest BCUT2D eigenvalue weighted by Gasteiger charge is 2.34. The summed E-state index contributed by atoms with van der Waals surface area (Å²) in [5.74, 6) is -1.82. The van der Waals surface area contributed by atoms with Crippen molar-refractivity contribution in [2.75, 3.05) is 5.32 Å². The Hall–Kier alpha value is -3.50. The van der Waals surface area contributed by atoms with E-state index in [0.29, 0.717) is 36.8 Å². The number of rotatable bonds is 7. The summed E-state index contributed by atoms with van der Waals surface area (Å²) in [5.41, 5.74) is -0.771. The number of amides is 1. The Morgan fingerprint density at radius 2 is 1.83 bits per heavy atom. The number of carbonyl (C=O) groups is 1. The van der Waals surface area contributed by atoms with E-state index >= 15 is 0 Å². The molecule has 0 bridgehead atoms. The molecular formula is C25H23F6N3O2. The SMILES string of the molecule is O=C(Cc1c(F)cccc1OC(F)F)N[C@@H]1CCC[C@H](Nc2cc(C(F)(F)F)nc3ccccc23)C1. The van der Waals surface area contributed by atoms with Crippen LogP contribution in [0.5, 0.6) is 5.75 Å². The lowest BCUT2D eigenvalue weighted by atomic mass is 9.90. The van der Waals surface area contributed by atoms with Gasteiger partial charge < -0.3 is 15.4 Å². The zero-order chi connectivity index (χ0) is 25.9. The molecule has 2 N–H and O–H groups in total. The van der Waals surface area contributed by atoms with Gasteiger partial charge in [-0.3, -0.25) is 4.79 Å². The summed E-state index contributed by atoms with van der Waals surface area (Å²) in [7, 11) is 0. The largest absolute Gasteiger partial charge is 0.434 e. The zero-order valence-electron chi connectivity index (χ0n) is 18.9. The van der Waals surface area contributed by atoms with Crippen LogP contribution in [0.2, 0.25) is 0 Å². The van der Waals surface area contributed by atoms with Crippen LogP contribution in [0.25, 0.3) is 10.9 Å². The van der Waals surface area contributed by atoms with Crippen LogP contribution < -0.4 is 15.4 Å². The van der Waals surface area contributed by atoms with Crippen LogP contribution in [-0.2, 0) is 17.4 Å². The number of carbonyl (C=O) groups excluding carboxylic acids is 1. The quantitative estimate of drug-likeness (QED) is 0.378. The van der Waals surface area contributed by atoms with Crippen molar-refractivity contribution in [3.05, 3.63) is 65.6 Å². The molecule has 5 nitrogen and oxygen atoms in total. The van der Waals surface area contributed by atoms with Gasteiger partial charge in [-0.1, -0.05) is 24.3 Å². The smallest absolute Gasteiger partial charge is 0.433 e. The van der Waals surface area contributed by atoms with Crippen LogP contribution in [-0.4, -0.2) is 29.6 Å². The van der Waals surface area contributed by atoms with E-state index in [0.717, 1.165) is 18.2 Å². The third-order valence-corrected chi connectivity index (χ3v) is 6.03. The molecule has 2 atom stereocenters. The third kappa shape index (κ3) is 6.19.